The van der Waals surface area contributed by atoms with Gasteiger partial charge in [0.25, 0.3) is 0 Å². The van der Waals surface area contributed by atoms with Crippen LogP contribution in [0.1, 0.15) is 5.82 Å². The number of carbonyl (C=O) groups is 1. The minimum absolute atomic E-state index is 0.111. The Morgan fingerprint density at radius 1 is 1.24 bits per heavy atom. The van der Waals surface area contributed by atoms with Gasteiger partial charge in [0.1, 0.15) is 18.2 Å². The Hall–Kier alpha value is -2.69. The first-order valence-corrected chi connectivity index (χ1v) is 10.5. The van der Waals surface area contributed by atoms with Crippen LogP contribution in [0.15, 0.2) is 47.6 Å². The van der Waals surface area contributed by atoms with Crippen molar-refractivity contribution in [1.29, 1.82) is 0 Å². The van der Waals surface area contributed by atoms with Crippen LogP contribution in [0.25, 0.3) is 10.2 Å². The third-order valence-corrected chi connectivity index (χ3v) is 5.66. The summed E-state index contributed by atoms with van der Waals surface area (Å²) in [4.78, 5) is 20.7. The number of thioether (sulfide) groups is 1. The van der Waals surface area contributed by atoms with Crippen LogP contribution in [0.5, 0.6) is 5.75 Å². The van der Waals surface area contributed by atoms with Gasteiger partial charge >= 0.3 is 0 Å². The van der Waals surface area contributed by atoms with Crippen LogP contribution in [-0.4, -0.2) is 31.8 Å². The van der Waals surface area contributed by atoms with E-state index < -0.39 is 0 Å². The third kappa shape index (κ3) is 5.22. The highest BCUT2D eigenvalue weighted by Crippen LogP contribution is 2.26. The fourth-order valence-corrected chi connectivity index (χ4v) is 3.98. The van der Waals surface area contributed by atoms with Gasteiger partial charge in [0, 0.05) is 5.02 Å². The summed E-state index contributed by atoms with van der Waals surface area (Å²) in [7, 11) is 0. The molecule has 0 saturated carbocycles. The third-order valence-electron chi connectivity index (χ3n) is 3.63. The summed E-state index contributed by atoms with van der Waals surface area (Å²) in [6.45, 7) is 0.212. The van der Waals surface area contributed by atoms with Gasteiger partial charge in [0.2, 0.25) is 11.1 Å². The number of hydrogen-bond acceptors (Lipinski definition) is 7. The molecule has 0 unspecified atom stereocenters. The van der Waals surface area contributed by atoms with E-state index in [1.54, 1.807) is 30.3 Å². The van der Waals surface area contributed by atoms with Gasteiger partial charge in [-0.25, -0.2) is 14.4 Å². The van der Waals surface area contributed by atoms with Crippen molar-refractivity contribution in [2.75, 3.05) is 11.1 Å². The lowest BCUT2D eigenvalue weighted by Gasteiger charge is -2.03. The monoisotopic (exact) mass is 449 g/mol. The summed E-state index contributed by atoms with van der Waals surface area (Å²) >= 11 is 8.23. The first-order valence-electron chi connectivity index (χ1n) is 8.33. The van der Waals surface area contributed by atoms with E-state index in [4.69, 9.17) is 16.3 Å². The maximum absolute atomic E-state index is 13.2. The number of ether oxygens (including phenoxy) is 1. The quantitative estimate of drug-likeness (QED) is 0.403. The van der Waals surface area contributed by atoms with Crippen LogP contribution in [0.2, 0.25) is 5.02 Å². The van der Waals surface area contributed by atoms with Crippen LogP contribution in [0.3, 0.4) is 0 Å². The molecule has 2 aromatic heterocycles. The highest BCUT2D eigenvalue weighted by atomic mass is 35.5. The van der Waals surface area contributed by atoms with E-state index in [-0.39, 0.29) is 24.1 Å². The van der Waals surface area contributed by atoms with Crippen molar-refractivity contribution in [1.82, 2.24) is 20.2 Å². The molecule has 11 heteroatoms. The summed E-state index contributed by atoms with van der Waals surface area (Å²) in [5.74, 6) is 0.721. The van der Waals surface area contributed by atoms with Crippen LogP contribution >= 0.6 is 34.7 Å². The summed E-state index contributed by atoms with van der Waals surface area (Å²) in [6.07, 6.45) is 0. The smallest absolute Gasteiger partial charge is 0.236 e. The largest absolute Gasteiger partial charge is 0.486 e. The van der Waals surface area contributed by atoms with E-state index >= 15 is 0 Å². The number of H-pyrrole nitrogens is 1. The molecule has 0 radical (unpaired) electrons. The van der Waals surface area contributed by atoms with Crippen molar-refractivity contribution in [3.63, 3.8) is 0 Å². The number of nitrogens with zero attached hydrogens (tertiary/aromatic N) is 3. The summed E-state index contributed by atoms with van der Waals surface area (Å²) in [6, 6.07) is 11.3. The second-order valence-electron chi connectivity index (χ2n) is 5.78. The van der Waals surface area contributed by atoms with E-state index in [2.05, 4.69) is 25.5 Å². The number of aromatic amines is 1. The normalized spacial score (nSPS) is 11.0. The van der Waals surface area contributed by atoms with Crippen molar-refractivity contribution in [3.8, 4) is 5.75 Å². The number of benzene rings is 2. The Kier molecular flexibility index (Phi) is 5.93. The lowest BCUT2D eigenvalue weighted by Crippen LogP contribution is -2.13. The molecule has 29 heavy (non-hydrogen) atoms. The minimum Gasteiger partial charge on any atom is -0.486 e. The lowest BCUT2D eigenvalue weighted by atomic mass is 10.3. The predicted octanol–water partition coefficient (Wildman–Crippen LogP) is 4.52. The molecule has 0 atom stereocenters. The number of halogens is 2. The number of nitrogens with one attached hydrogen (secondary N) is 2. The predicted molar refractivity (Wildman–Crippen MR) is 111 cm³/mol. The molecule has 7 nitrogen and oxygen atoms in total. The van der Waals surface area contributed by atoms with Crippen molar-refractivity contribution in [2.45, 2.75) is 11.8 Å². The summed E-state index contributed by atoms with van der Waals surface area (Å²) in [5.41, 5.74) is 0.638. The molecule has 2 aromatic carbocycles. The Labute approximate surface area is 177 Å². The lowest BCUT2D eigenvalue weighted by molar-refractivity contribution is -0.113. The maximum atomic E-state index is 13.2. The zero-order valence-corrected chi connectivity index (χ0v) is 17.1. The van der Waals surface area contributed by atoms with Gasteiger partial charge in [-0.05, 0) is 42.5 Å². The molecule has 0 spiro atoms. The van der Waals surface area contributed by atoms with Gasteiger partial charge in [-0.2, -0.15) is 0 Å². The van der Waals surface area contributed by atoms with Gasteiger partial charge in [-0.1, -0.05) is 34.7 Å². The molecule has 0 fully saturated rings. The van der Waals surface area contributed by atoms with Crippen molar-refractivity contribution >= 4 is 56.0 Å². The van der Waals surface area contributed by atoms with E-state index in [1.807, 2.05) is 0 Å². The Bertz CT molecular complexity index is 1150. The summed E-state index contributed by atoms with van der Waals surface area (Å²) in [5, 5.41) is 11.0. The number of thiazole rings is 1. The van der Waals surface area contributed by atoms with Crippen molar-refractivity contribution in [3.05, 3.63) is 59.1 Å². The molecule has 1 amide bonds. The molecule has 2 heterocycles. The zero-order chi connectivity index (χ0) is 20.2. The van der Waals surface area contributed by atoms with Crippen LogP contribution < -0.4 is 10.1 Å². The molecule has 0 saturated heterocycles. The number of rotatable bonds is 7. The SMILES string of the molecule is O=C(CSc1n[nH]c(COc2ccc(Cl)cc2)n1)Nc1nc2ccc(F)cc2s1. The minimum atomic E-state index is -0.338. The highest BCUT2D eigenvalue weighted by molar-refractivity contribution is 7.99. The van der Waals surface area contributed by atoms with E-state index in [9.17, 15) is 9.18 Å². The van der Waals surface area contributed by atoms with Gasteiger partial charge in [0.15, 0.2) is 11.0 Å². The average Bonchev–Trinajstić information content (AvgIpc) is 3.32. The number of fused-ring (bicyclic) bond motifs is 1. The first-order chi connectivity index (χ1) is 14.0. The molecule has 0 aliphatic carbocycles. The van der Waals surface area contributed by atoms with E-state index in [0.717, 1.165) is 0 Å². The maximum Gasteiger partial charge on any atom is 0.236 e. The number of anilines is 1. The van der Waals surface area contributed by atoms with E-state index in [1.165, 1.54) is 35.2 Å². The summed E-state index contributed by atoms with van der Waals surface area (Å²) < 4.78 is 19.5. The average molecular weight is 450 g/mol. The van der Waals surface area contributed by atoms with Crippen LogP contribution in [0, 0.1) is 5.82 Å². The topological polar surface area (TPSA) is 92.8 Å². The Morgan fingerprint density at radius 3 is 2.90 bits per heavy atom. The van der Waals surface area contributed by atoms with Gasteiger partial charge in [-0.3, -0.25) is 9.89 Å². The fraction of sp³-hybridized carbons (Fsp3) is 0.111. The molecular weight excluding hydrogens is 437 g/mol. The second kappa shape index (κ2) is 8.76. The molecule has 4 aromatic rings. The second-order valence-corrected chi connectivity index (χ2v) is 8.18. The molecule has 4 rings (SSSR count). The zero-order valence-electron chi connectivity index (χ0n) is 14.7. The van der Waals surface area contributed by atoms with Gasteiger partial charge < -0.3 is 10.1 Å². The Balaban J connectivity index is 1.27. The standard InChI is InChI=1S/C18H13ClFN5O2S2/c19-10-1-4-12(5-2-10)27-8-15-22-18(25-24-15)28-9-16(26)23-17-21-13-6-3-11(20)7-14(13)29-17/h1-7H,8-9H2,(H,21,23,26)(H,22,24,25). The number of aromatic nitrogens is 4. The Morgan fingerprint density at radius 2 is 2.07 bits per heavy atom. The van der Waals surface area contributed by atoms with Gasteiger partial charge in [0.05, 0.1) is 16.0 Å². The number of amides is 1. The number of hydrogen-bond donors (Lipinski definition) is 2. The highest BCUT2D eigenvalue weighted by Gasteiger charge is 2.11. The first kappa shape index (κ1) is 19.6. The van der Waals surface area contributed by atoms with Crippen LogP contribution in [0.4, 0.5) is 9.52 Å². The molecule has 0 aliphatic rings. The van der Waals surface area contributed by atoms with Crippen molar-refractivity contribution < 1.29 is 13.9 Å². The fourth-order valence-electron chi connectivity index (χ4n) is 2.33. The number of carbonyl (C=O) groups excluding carboxylic acids is 1. The molecule has 2 N–H and O–H groups in total. The molecule has 0 bridgehead atoms. The molecular formula is C18H13ClFN5O2S2. The van der Waals surface area contributed by atoms with Gasteiger partial charge in [-0.15, -0.1) is 5.10 Å². The van der Waals surface area contributed by atoms with E-state index in [0.29, 0.717) is 37.1 Å². The molecule has 148 valence electrons. The molecule has 0 aliphatic heterocycles. The van der Waals surface area contributed by atoms with Crippen molar-refractivity contribution in [2.24, 2.45) is 0 Å². The van der Waals surface area contributed by atoms with Crippen LogP contribution in [-0.2, 0) is 11.4 Å².